The van der Waals surface area contributed by atoms with Crippen LogP contribution < -0.4 is 10.9 Å². The lowest BCUT2D eigenvalue weighted by molar-refractivity contribution is -0.110. The summed E-state index contributed by atoms with van der Waals surface area (Å²) in [6.07, 6.45) is 0.400. The zero-order chi connectivity index (χ0) is 9.68. The van der Waals surface area contributed by atoms with Crippen LogP contribution in [0.4, 0.5) is 0 Å². The highest BCUT2D eigenvalue weighted by molar-refractivity contribution is 9.10. The van der Waals surface area contributed by atoms with Gasteiger partial charge in [0.15, 0.2) is 0 Å². The fourth-order valence-corrected chi connectivity index (χ4v) is 1.03. The first-order valence-electron chi connectivity index (χ1n) is 3.49. The molecule has 13 heavy (non-hydrogen) atoms. The molecule has 0 saturated carbocycles. The van der Waals surface area contributed by atoms with Gasteiger partial charge in [-0.25, -0.2) is 0 Å². The van der Waals surface area contributed by atoms with E-state index in [2.05, 4.69) is 26.8 Å². The highest BCUT2D eigenvalue weighted by atomic mass is 79.9. The van der Waals surface area contributed by atoms with Gasteiger partial charge in [-0.05, 0) is 24.3 Å². The lowest BCUT2D eigenvalue weighted by Crippen LogP contribution is -2.36. The molecular formula is C8H7BrN2O2. The van der Waals surface area contributed by atoms with E-state index in [0.717, 1.165) is 4.47 Å². The maximum absolute atomic E-state index is 11.2. The van der Waals surface area contributed by atoms with Crippen LogP contribution in [0.5, 0.6) is 0 Å². The van der Waals surface area contributed by atoms with Crippen molar-refractivity contribution in [2.45, 2.75) is 0 Å². The topological polar surface area (TPSA) is 58.2 Å². The molecule has 2 N–H and O–H groups in total. The zero-order valence-corrected chi connectivity index (χ0v) is 8.17. The van der Waals surface area contributed by atoms with Crippen molar-refractivity contribution in [3.05, 3.63) is 34.3 Å². The Balaban J connectivity index is 2.66. The molecule has 0 unspecified atom stereocenters. The second-order valence-corrected chi connectivity index (χ2v) is 3.14. The fourth-order valence-electron chi connectivity index (χ4n) is 0.768. The van der Waals surface area contributed by atoms with Gasteiger partial charge in [-0.1, -0.05) is 15.9 Å². The van der Waals surface area contributed by atoms with E-state index < -0.39 is 0 Å². The number of hydrogen-bond donors (Lipinski definition) is 2. The molecule has 1 aromatic rings. The minimum Gasteiger partial charge on any atom is -0.277 e. The molecular weight excluding hydrogens is 236 g/mol. The van der Waals surface area contributed by atoms with E-state index in [-0.39, 0.29) is 5.91 Å². The Morgan fingerprint density at radius 3 is 2.46 bits per heavy atom. The smallest absolute Gasteiger partial charge is 0.269 e. The maximum atomic E-state index is 11.2. The van der Waals surface area contributed by atoms with Crippen LogP contribution in [0.15, 0.2) is 28.7 Å². The van der Waals surface area contributed by atoms with Crippen molar-refractivity contribution in [2.24, 2.45) is 0 Å². The Labute approximate surface area is 83.4 Å². The quantitative estimate of drug-likeness (QED) is 0.610. The molecule has 0 spiro atoms. The number of carbonyl (C=O) groups excluding carboxylic acids is 2. The second kappa shape index (κ2) is 4.61. The molecule has 0 fully saturated rings. The fraction of sp³-hybridized carbons (Fsp3) is 0. The van der Waals surface area contributed by atoms with Crippen LogP contribution in [-0.2, 0) is 4.79 Å². The van der Waals surface area contributed by atoms with E-state index in [4.69, 9.17) is 0 Å². The summed E-state index contributed by atoms with van der Waals surface area (Å²) in [4.78, 5) is 21.0. The van der Waals surface area contributed by atoms with Gasteiger partial charge in [0, 0.05) is 10.0 Å². The minimum atomic E-state index is -0.348. The third kappa shape index (κ3) is 2.87. The van der Waals surface area contributed by atoms with Crippen LogP contribution in [0.1, 0.15) is 10.4 Å². The summed E-state index contributed by atoms with van der Waals surface area (Å²) in [5, 5.41) is 0. The van der Waals surface area contributed by atoms with Crippen molar-refractivity contribution in [1.82, 2.24) is 10.9 Å². The summed E-state index contributed by atoms with van der Waals surface area (Å²) in [5.74, 6) is -0.348. The Bertz CT molecular complexity index is 310. The first kappa shape index (κ1) is 9.73. The monoisotopic (exact) mass is 242 g/mol. The van der Waals surface area contributed by atoms with E-state index in [0.29, 0.717) is 12.0 Å². The maximum Gasteiger partial charge on any atom is 0.269 e. The molecule has 2 amide bonds. The Morgan fingerprint density at radius 2 is 1.92 bits per heavy atom. The molecule has 0 saturated heterocycles. The number of rotatable bonds is 3. The van der Waals surface area contributed by atoms with Crippen LogP contribution in [0, 0.1) is 0 Å². The van der Waals surface area contributed by atoms with Crippen LogP contribution in [0.25, 0.3) is 0 Å². The molecule has 0 aliphatic rings. The van der Waals surface area contributed by atoms with Crippen molar-refractivity contribution >= 4 is 28.2 Å². The van der Waals surface area contributed by atoms with Gasteiger partial charge in [0.2, 0.25) is 6.41 Å². The molecule has 0 aliphatic heterocycles. The molecule has 1 aromatic carbocycles. The molecule has 0 heterocycles. The van der Waals surface area contributed by atoms with Gasteiger partial charge < -0.3 is 0 Å². The highest BCUT2D eigenvalue weighted by Gasteiger charge is 2.02. The third-order valence-electron chi connectivity index (χ3n) is 1.35. The summed E-state index contributed by atoms with van der Waals surface area (Å²) in [5.41, 5.74) is 4.75. The van der Waals surface area contributed by atoms with E-state index in [1.54, 1.807) is 24.3 Å². The van der Waals surface area contributed by atoms with E-state index in [9.17, 15) is 9.59 Å². The van der Waals surface area contributed by atoms with Gasteiger partial charge in [-0.15, -0.1) is 0 Å². The predicted molar refractivity (Wildman–Crippen MR) is 50.8 cm³/mol. The van der Waals surface area contributed by atoms with Crippen LogP contribution in [-0.4, -0.2) is 12.3 Å². The van der Waals surface area contributed by atoms with Crippen LogP contribution >= 0.6 is 15.9 Å². The zero-order valence-electron chi connectivity index (χ0n) is 6.58. The molecule has 68 valence electrons. The Morgan fingerprint density at radius 1 is 1.31 bits per heavy atom. The average Bonchev–Trinajstić information content (AvgIpc) is 2.15. The molecule has 0 radical (unpaired) electrons. The third-order valence-corrected chi connectivity index (χ3v) is 1.88. The molecule has 0 aliphatic carbocycles. The van der Waals surface area contributed by atoms with E-state index >= 15 is 0 Å². The number of halogens is 1. The number of hydrazine groups is 1. The summed E-state index contributed by atoms with van der Waals surface area (Å²) < 4.78 is 0.896. The summed E-state index contributed by atoms with van der Waals surface area (Å²) >= 11 is 3.24. The largest absolute Gasteiger partial charge is 0.277 e. The number of amides is 2. The summed E-state index contributed by atoms with van der Waals surface area (Å²) in [6.45, 7) is 0. The van der Waals surface area contributed by atoms with E-state index in [1.165, 1.54) is 0 Å². The number of hydrogen-bond acceptors (Lipinski definition) is 2. The first-order chi connectivity index (χ1) is 6.24. The lowest BCUT2D eigenvalue weighted by Gasteiger charge is -2.01. The van der Waals surface area contributed by atoms with Gasteiger partial charge >= 0.3 is 0 Å². The molecule has 0 atom stereocenters. The molecule has 5 heteroatoms. The molecule has 1 rings (SSSR count). The minimum absolute atomic E-state index is 0.348. The molecule has 4 nitrogen and oxygen atoms in total. The Hall–Kier alpha value is -1.36. The summed E-state index contributed by atoms with van der Waals surface area (Å²) in [6, 6.07) is 6.78. The van der Waals surface area contributed by atoms with Gasteiger partial charge in [0.1, 0.15) is 0 Å². The number of benzene rings is 1. The SMILES string of the molecule is O=CNNC(=O)c1ccc(Br)cc1. The Kier molecular flexibility index (Phi) is 3.45. The average molecular weight is 243 g/mol. The van der Waals surface area contributed by atoms with Gasteiger partial charge in [0.05, 0.1) is 0 Å². The van der Waals surface area contributed by atoms with Crippen molar-refractivity contribution in [3.63, 3.8) is 0 Å². The second-order valence-electron chi connectivity index (χ2n) is 2.22. The van der Waals surface area contributed by atoms with Crippen molar-refractivity contribution in [1.29, 1.82) is 0 Å². The van der Waals surface area contributed by atoms with Crippen molar-refractivity contribution in [2.75, 3.05) is 0 Å². The molecule has 0 aromatic heterocycles. The van der Waals surface area contributed by atoms with Gasteiger partial charge in [0.25, 0.3) is 5.91 Å². The van der Waals surface area contributed by atoms with Crippen molar-refractivity contribution < 1.29 is 9.59 Å². The van der Waals surface area contributed by atoms with Gasteiger partial charge in [-0.2, -0.15) is 0 Å². The van der Waals surface area contributed by atoms with E-state index in [1.807, 2.05) is 0 Å². The first-order valence-corrected chi connectivity index (χ1v) is 4.28. The molecule has 0 bridgehead atoms. The normalized spacial score (nSPS) is 9.00. The predicted octanol–water partition coefficient (Wildman–Crippen LogP) is 0.840. The highest BCUT2D eigenvalue weighted by Crippen LogP contribution is 2.09. The number of nitrogens with one attached hydrogen (secondary N) is 2. The summed E-state index contributed by atoms with van der Waals surface area (Å²) in [7, 11) is 0. The van der Waals surface area contributed by atoms with Gasteiger partial charge in [-0.3, -0.25) is 20.4 Å². The lowest BCUT2D eigenvalue weighted by atomic mass is 10.2. The van der Waals surface area contributed by atoms with Crippen molar-refractivity contribution in [3.8, 4) is 0 Å². The standard InChI is InChI=1S/C8H7BrN2O2/c9-7-3-1-6(2-4-7)8(13)11-10-5-12/h1-5H,(H,10,12)(H,11,13). The number of carbonyl (C=O) groups is 2. The van der Waals surface area contributed by atoms with Crippen LogP contribution in [0.3, 0.4) is 0 Å². The van der Waals surface area contributed by atoms with Crippen LogP contribution in [0.2, 0.25) is 0 Å².